The van der Waals surface area contributed by atoms with Crippen molar-refractivity contribution in [3.05, 3.63) is 34.7 Å². The fourth-order valence-corrected chi connectivity index (χ4v) is 6.65. The Kier molecular flexibility index (Phi) is 4.14. The lowest BCUT2D eigenvalue weighted by molar-refractivity contribution is -0.160. The molecule has 29 heavy (non-hydrogen) atoms. The molecular formula is C22H25F3N2OS. The molecule has 3 saturated heterocycles. The Balaban J connectivity index is 1.46. The van der Waals surface area contributed by atoms with Crippen LogP contribution in [-0.4, -0.2) is 41.7 Å². The molecule has 1 atom stereocenters. The summed E-state index contributed by atoms with van der Waals surface area (Å²) < 4.78 is 41.6. The van der Waals surface area contributed by atoms with Crippen LogP contribution >= 0.6 is 11.3 Å². The van der Waals surface area contributed by atoms with Crippen LogP contribution in [0, 0.1) is 5.92 Å². The maximum Gasteiger partial charge on any atom is 0.398 e. The predicted molar refractivity (Wildman–Crippen MR) is 108 cm³/mol. The zero-order chi connectivity index (χ0) is 20.6. The van der Waals surface area contributed by atoms with Gasteiger partial charge < -0.3 is 5.32 Å². The number of nitrogens with one attached hydrogen (secondary N) is 1. The van der Waals surface area contributed by atoms with E-state index in [1.165, 1.54) is 11.3 Å². The van der Waals surface area contributed by atoms with Crippen molar-refractivity contribution in [3.63, 3.8) is 0 Å². The van der Waals surface area contributed by atoms with E-state index in [9.17, 15) is 18.0 Å². The summed E-state index contributed by atoms with van der Waals surface area (Å²) in [6.07, 6.45) is -1.84. The van der Waals surface area contributed by atoms with Gasteiger partial charge >= 0.3 is 6.18 Å². The van der Waals surface area contributed by atoms with E-state index < -0.39 is 11.6 Å². The number of thiophene rings is 1. The Labute approximate surface area is 172 Å². The second kappa shape index (κ2) is 6.20. The van der Waals surface area contributed by atoms with Crippen LogP contribution in [0.1, 0.15) is 54.8 Å². The molecule has 1 aromatic carbocycles. The van der Waals surface area contributed by atoms with Gasteiger partial charge in [-0.25, -0.2) is 0 Å². The molecule has 1 aromatic heterocycles. The molecular weight excluding hydrogens is 397 g/mol. The molecule has 3 aliphatic heterocycles. The molecule has 7 heteroatoms. The van der Waals surface area contributed by atoms with Crippen molar-refractivity contribution in [3.8, 4) is 0 Å². The standard InChI is InChI=1S/C22H25F3N2OS/c1-20(2)18(13-6-10-27(20)11-7-13)26-19(28)16-12-14-4-3-5-15(17(14)29-16)21(8-9-21)22(23,24)25/h3-5,12-13,18H,6-11H2,1-2H3,(H,26,28). The summed E-state index contributed by atoms with van der Waals surface area (Å²) in [6, 6.07) is 6.87. The highest BCUT2D eigenvalue weighted by molar-refractivity contribution is 7.21. The van der Waals surface area contributed by atoms with Gasteiger partial charge in [0.05, 0.1) is 10.3 Å². The number of hydrogen-bond donors (Lipinski definition) is 1. The number of rotatable bonds is 3. The normalized spacial score (nSPS) is 29.8. The van der Waals surface area contributed by atoms with E-state index in [1.54, 1.807) is 24.3 Å². The molecule has 2 aromatic rings. The number of amides is 1. The number of hydrogen-bond acceptors (Lipinski definition) is 3. The average molecular weight is 423 g/mol. The molecule has 6 rings (SSSR count). The van der Waals surface area contributed by atoms with Crippen LogP contribution in [0.4, 0.5) is 13.2 Å². The molecule has 4 heterocycles. The smallest absolute Gasteiger partial charge is 0.346 e. The number of alkyl halides is 3. The first-order valence-electron chi connectivity index (χ1n) is 10.3. The molecule has 1 aliphatic carbocycles. The van der Waals surface area contributed by atoms with E-state index in [1.807, 2.05) is 0 Å². The Morgan fingerprint density at radius 3 is 2.48 bits per heavy atom. The summed E-state index contributed by atoms with van der Waals surface area (Å²) in [5.74, 6) is 0.296. The number of carbonyl (C=O) groups excluding carboxylic acids is 1. The van der Waals surface area contributed by atoms with Gasteiger partial charge in [-0.1, -0.05) is 18.2 Å². The Morgan fingerprint density at radius 1 is 1.21 bits per heavy atom. The molecule has 4 aliphatic rings. The second-order valence-corrected chi connectivity index (χ2v) is 10.4. The zero-order valence-corrected chi connectivity index (χ0v) is 17.4. The van der Waals surface area contributed by atoms with E-state index in [0.717, 1.165) is 31.3 Å². The number of carbonyl (C=O) groups is 1. The van der Waals surface area contributed by atoms with Gasteiger partial charge in [0.1, 0.15) is 0 Å². The first-order valence-corrected chi connectivity index (χ1v) is 11.1. The molecule has 1 saturated carbocycles. The summed E-state index contributed by atoms with van der Waals surface area (Å²) in [7, 11) is 0. The molecule has 4 fully saturated rings. The number of halogens is 3. The summed E-state index contributed by atoms with van der Waals surface area (Å²) in [5.41, 5.74) is -1.51. The van der Waals surface area contributed by atoms with Gasteiger partial charge in [0.25, 0.3) is 5.91 Å². The van der Waals surface area contributed by atoms with Crippen LogP contribution in [0.5, 0.6) is 0 Å². The Morgan fingerprint density at radius 2 is 1.90 bits per heavy atom. The number of benzene rings is 1. The van der Waals surface area contributed by atoms with Gasteiger partial charge in [-0.05, 0) is 75.6 Å². The minimum absolute atomic E-state index is 0.0622. The fourth-order valence-electron chi connectivity index (χ4n) is 5.47. The molecule has 2 bridgehead atoms. The van der Waals surface area contributed by atoms with Crippen molar-refractivity contribution in [2.24, 2.45) is 5.92 Å². The SMILES string of the molecule is CC1(C)C(NC(=O)c2cc3cccc(C4(C(F)(F)F)CC4)c3s2)C2CCN1CC2. The lowest BCUT2D eigenvalue weighted by atomic mass is 9.72. The van der Waals surface area contributed by atoms with Crippen molar-refractivity contribution in [1.29, 1.82) is 0 Å². The average Bonchev–Trinajstić information content (AvgIpc) is 3.37. The summed E-state index contributed by atoms with van der Waals surface area (Å²) in [4.78, 5) is 16.0. The van der Waals surface area contributed by atoms with Crippen LogP contribution in [0.15, 0.2) is 24.3 Å². The molecule has 1 unspecified atom stereocenters. The highest BCUT2D eigenvalue weighted by Crippen LogP contribution is 2.60. The van der Waals surface area contributed by atoms with Gasteiger partial charge in [-0.3, -0.25) is 9.69 Å². The van der Waals surface area contributed by atoms with Crippen LogP contribution in [0.25, 0.3) is 10.1 Å². The summed E-state index contributed by atoms with van der Waals surface area (Å²) in [5, 5.41) is 3.95. The Bertz CT molecular complexity index is 968. The third-order valence-corrected chi connectivity index (χ3v) is 8.63. The summed E-state index contributed by atoms with van der Waals surface area (Å²) >= 11 is 1.20. The first-order chi connectivity index (χ1) is 13.6. The highest BCUT2D eigenvalue weighted by atomic mass is 32.1. The van der Waals surface area contributed by atoms with Gasteiger partial charge in [0.2, 0.25) is 0 Å². The third kappa shape index (κ3) is 2.84. The van der Waals surface area contributed by atoms with E-state index >= 15 is 0 Å². The molecule has 1 amide bonds. The van der Waals surface area contributed by atoms with E-state index in [-0.39, 0.29) is 30.3 Å². The predicted octanol–water partition coefficient (Wildman–Crippen LogP) is 5.10. The topological polar surface area (TPSA) is 32.3 Å². The van der Waals surface area contributed by atoms with Crippen LogP contribution in [0.3, 0.4) is 0 Å². The van der Waals surface area contributed by atoms with Gasteiger partial charge in [0, 0.05) is 16.3 Å². The van der Waals surface area contributed by atoms with E-state index in [4.69, 9.17) is 0 Å². The first kappa shape index (κ1) is 19.4. The van der Waals surface area contributed by atoms with E-state index in [0.29, 0.717) is 21.1 Å². The van der Waals surface area contributed by atoms with Crippen molar-refractivity contribution in [2.45, 2.75) is 62.7 Å². The largest absolute Gasteiger partial charge is 0.398 e. The molecule has 0 radical (unpaired) electrons. The van der Waals surface area contributed by atoms with Crippen LogP contribution in [-0.2, 0) is 5.41 Å². The number of piperidine rings is 3. The van der Waals surface area contributed by atoms with Crippen molar-refractivity contribution in [1.82, 2.24) is 10.2 Å². The maximum atomic E-state index is 13.7. The quantitative estimate of drug-likeness (QED) is 0.747. The second-order valence-electron chi connectivity index (χ2n) is 9.34. The highest BCUT2D eigenvalue weighted by Gasteiger charge is 2.64. The fraction of sp³-hybridized carbons (Fsp3) is 0.591. The van der Waals surface area contributed by atoms with Gasteiger partial charge in [0.15, 0.2) is 0 Å². The van der Waals surface area contributed by atoms with Crippen molar-refractivity contribution in [2.75, 3.05) is 13.1 Å². The lowest BCUT2D eigenvalue weighted by Gasteiger charge is -2.56. The van der Waals surface area contributed by atoms with Crippen LogP contribution < -0.4 is 5.32 Å². The van der Waals surface area contributed by atoms with Gasteiger partial charge in [-0.2, -0.15) is 13.2 Å². The molecule has 0 spiro atoms. The lowest BCUT2D eigenvalue weighted by Crippen LogP contribution is -2.69. The van der Waals surface area contributed by atoms with Crippen molar-refractivity contribution >= 4 is 27.3 Å². The number of fused-ring (bicyclic) bond motifs is 4. The number of nitrogens with zero attached hydrogens (tertiary/aromatic N) is 1. The minimum Gasteiger partial charge on any atom is -0.346 e. The maximum absolute atomic E-state index is 13.7. The van der Waals surface area contributed by atoms with E-state index in [2.05, 4.69) is 24.1 Å². The van der Waals surface area contributed by atoms with Crippen molar-refractivity contribution < 1.29 is 18.0 Å². The monoisotopic (exact) mass is 422 g/mol. The third-order valence-electron chi connectivity index (χ3n) is 7.45. The minimum atomic E-state index is -4.26. The molecule has 156 valence electrons. The molecule has 1 N–H and O–H groups in total. The Hall–Kier alpha value is -1.60. The zero-order valence-electron chi connectivity index (χ0n) is 16.6. The summed E-state index contributed by atoms with van der Waals surface area (Å²) in [6.45, 7) is 6.48. The van der Waals surface area contributed by atoms with Crippen LogP contribution in [0.2, 0.25) is 0 Å². The molecule has 3 nitrogen and oxygen atoms in total. The van der Waals surface area contributed by atoms with Gasteiger partial charge in [-0.15, -0.1) is 11.3 Å².